The lowest BCUT2D eigenvalue weighted by atomic mass is 10.3. The average molecular weight is 155 g/mol. The Morgan fingerprint density at radius 2 is 2.30 bits per heavy atom. The lowest BCUT2D eigenvalue weighted by Gasteiger charge is -1.91. The molecule has 1 heterocycles. The van der Waals surface area contributed by atoms with Gasteiger partial charge in [-0.1, -0.05) is 0 Å². The van der Waals surface area contributed by atoms with Crippen molar-refractivity contribution in [1.29, 1.82) is 0 Å². The summed E-state index contributed by atoms with van der Waals surface area (Å²) in [6, 6.07) is 4.35. The molecule has 1 nitrogen and oxygen atoms in total. The highest BCUT2D eigenvalue weighted by atomic mass is 32.1. The van der Waals surface area contributed by atoms with E-state index in [1.807, 2.05) is 11.3 Å². The summed E-state index contributed by atoms with van der Waals surface area (Å²) in [5.74, 6) is 0. The van der Waals surface area contributed by atoms with Gasteiger partial charge in [0, 0.05) is 9.75 Å². The lowest BCUT2D eigenvalue weighted by Crippen LogP contribution is -1.98. The van der Waals surface area contributed by atoms with Crippen LogP contribution in [-0.4, -0.2) is 6.54 Å². The van der Waals surface area contributed by atoms with Gasteiger partial charge < -0.3 is 5.73 Å². The second-order valence-electron chi connectivity index (χ2n) is 2.40. The van der Waals surface area contributed by atoms with Crippen molar-refractivity contribution >= 4 is 11.3 Å². The predicted octanol–water partition coefficient (Wildman–Crippen LogP) is 1.95. The largest absolute Gasteiger partial charge is 0.330 e. The van der Waals surface area contributed by atoms with E-state index in [0.717, 1.165) is 19.4 Å². The molecular formula is C8H13NS. The van der Waals surface area contributed by atoms with Crippen molar-refractivity contribution in [3.05, 3.63) is 21.9 Å². The lowest BCUT2D eigenvalue weighted by molar-refractivity contribution is 0.843. The molecule has 0 atom stereocenters. The quantitative estimate of drug-likeness (QED) is 0.709. The molecule has 0 fully saturated rings. The van der Waals surface area contributed by atoms with Crippen molar-refractivity contribution in [1.82, 2.24) is 0 Å². The first kappa shape index (κ1) is 7.76. The molecule has 0 aliphatic carbocycles. The van der Waals surface area contributed by atoms with E-state index in [2.05, 4.69) is 19.1 Å². The van der Waals surface area contributed by atoms with Crippen LogP contribution in [0.15, 0.2) is 12.1 Å². The van der Waals surface area contributed by atoms with Gasteiger partial charge in [-0.05, 0) is 38.4 Å². The molecule has 0 aromatic carbocycles. The van der Waals surface area contributed by atoms with Crippen LogP contribution >= 0.6 is 11.3 Å². The van der Waals surface area contributed by atoms with Crippen molar-refractivity contribution in [2.75, 3.05) is 6.54 Å². The smallest absolute Gasteiger partial charge is 0.00485 e. The van der Waals surface area contributed by atoms with Crippen LogP contribution in [-0.2, 0) is 6.42 Å². The Hall–Kier alpha value is -0.340. The third-order valence-electron chi connectivity index (χ3n) is 1.42. The van der Waals surface area contributed by atoms with Crippen molar-refractivity contribution in [3.63, 3.8) is 0 Å². The van der Waals surface area contributed by atoms with Crippen molar-refractivity contribution in [2.24, 2.45) is 5.73 Å². The molecule has 0 saturated heterocycles. The summed E-state index contributed by atoms with van der Waals surface area (Å²) in [6.45, 7) is 2.94. The third-order valence-corrected chi connectivity index (χ3v) is 2.48. The number of nitrogens with two attached hydrogens (primary N) is 1. The summed E-state index contributed by atoms with van der Waals surface area (Å²) >= 11 is 1.87. The maximum Gasteiger partial charge on any atom is 0.00485 e. The van der Waals surface area contributed by atoms with Gasteiger partial charge in [0.1, 0.15) is 0 Å². The van der Waals surface area contributed by atoms with Crippen molar-refractivity contribution in [2.45, 2.75) is 19.8 Å². The molecule has 1 aromatic heterocycles. The third kappa shape index (κ3) is 2.12. The SMILES string of the molecule is Cc1ccc(CCCN)s1. The fourth-order valence-corrected chi connectivity index (χ4v) is 1.83. The van der Waals surface area contributed by atoms with Gasteiger partial charge in [-0.25, -0.2) is 0 Å². The number of hydrogen-bond acceptors (Lipinski definition) is 2. The molecule has 1 rings (SSSR count). The Balaban J connectivity index is 2.42. The Kier molecular flexibility index (Phi) is 2.90. The summed E-state index contributed by atoms with van der Waals surface area (Å²) in [7, 11) is 0. The van der Waals surface area contributed by atoms with E-state index < -0.39 is 0 Å². The van der Waals surface area contributed by atoms with E-state index in [9.17, 15) is 0 Å². The first-order valence-corrected chi connectivity index (χ1v) is 4.40. The van der Waals surface area contributed by atoms with Crippen LogP contribution in [0.5, 0.6) is 0 Å². The number of thiophene rings is 1. The Morgan fingerprint density at radius 1 is 1.50 bits per heavy atom. The van der Waals surface area contributed by atoms with Gasteiger partial charge in [-0.2, -0.15) is 0 Å². The van der Waals surface area contributed by atoms with E-state index in [1.54, 1.807) is 0 Å². The number of hydrogen-bond donors (Lipinski definition) is 1. The van der Waals surface area contributed by atoms with Crippen molar-refractivity contribution < 1.29 is 0 Å². The molecule has 0 radical (unpaired) electrons. The molecule has 56 valence electrons. The summed E-state index contributed by atoms with van der Waals surface area (Å²) in [5.41, 5.74) is 5.39. The van der Waals surface area contributed by atoms with Gasteiger partial charge in [-0.15, -0.1) is 11.3 Å². The topological polar surface area (TPSA) is 26.0 Å². The Morgan fingerprint density at radius 3 is 2.80 bits per heavy atom. The summed E-state index contributed by atoms with van der Waals surface area (Å²) in [5, 5.41) is 0. The Bertz CT molecular complexity index is 193. The molecule has 0 unspecified atom stereocenters. The van der Waals surface area contributed by atoms with E-state index >= 15 is 0 Å². The molecule has 2 N–H and O–H groups in total. The fourth-order valence-electron chi connectivity index (χ4n) is 0.896. The highest BCUT2D eigenvalue weighted by Crippen LogP contribution is 2.15. The van der Waals surface area contributed by atoms with Gasteiger partial charge in [-0.3, -0.25) is 0 Å². The molecule has 2 heteroatoms. The average Bonchev–Trinajstić information content (AvgIpc) is 2.31. The zero-order valence-electron chi connectivity index (χ0n) is 6.26. The second-order valence-corrected chi connectivity index (χ2v) is 3.78. The molecule has 0 saturated carbocycles. The minimum Gasteiger partial charge on any atom is -0.330 e. The first-order chi connectivity index (χ1) is 4.83. The second kappa shape index (κ2) is 3.74. The monoisotopic (exact) mass is 155 g/mol. The van der Waals surface area contributed by atoms with Crippen LogP contribution in [0.3, 0.4) is 0 Å². The van der Waals surface area contributed by atoms with Crippen LogP contribution in [0.4, 0.5) is 0 Å². The minimum atomic E-state index is 0.803. The van der Waals surface area contributed by atoms with Crippen LogP contribution in [0.1, 0.15) is 16.2 Å². The first-order valence-electron chi connectivity index (χ1n) is 3.58. The fraction of sp³-hybridized carbons (Fsp3) is 0.500. The maximum atomic E-state index is 5.39. The summed E-state index contributed by atoms with van der Waals surface area (Å²) < 4.78 is 0. The number of rotatable bonds is 3. The standard InChI is InChI=1S/C8H13NS/c1-7-4-5-8(10-7)3-2-6-9/h4-5H,2-3,6,9H2,1H3. The van der Waals surface area contributed by atoms with E-state index in [-0.39, 0.29) is 0 Å². The van der Waals surface area contributed by atoms with E-state index in [0.29, 0.717) is 0 Å². The normalized spacial score (nSPS) is 10.2. The van der Waals surface area contributed by atoms with Gasteiger partial charge in [0.2, 0.25) is 0 Å². The molecule has 0 aliphatic rings. The molecule has 1 aromatic rings. The van der Waals surface area contributed by atoms with Crippen molar-refractivity contribution in [3.8, 4) is 0 Å². The summed E-state index contributed by atoms with van der Waals surface area (Å²) in [6.07, 6.45) is 2.26. The molecule has 0 amide bonds. The van der Waals surface area contributed by atoms with E-state index in [1.165, 1.54) is 9.75 Å². The predicted molar refractivity (Wildman–Crippen MR) is 46.4 cm³/mol. The zero-order valence-corrected chi connectivity index (χ0v) is 7.08. The zero-order chi connectivity index (χ0) is 7.40. The number of aryl methyl sites for hydroxylation is 2. The van der Waals surface area contributed by atoms with Crippen LogP contribution in [0.2, 0.25) is 0 Å². The molecular weight excluding hydrogens is 142 g/mol. The maximum absolute atomic E-state index is 5.39. The van der Waals surface area contributed by atoms with Crippen LogP contribution in [0, 0.1) is 6.92 Å². The molecule has 0 bridgehead atoms. The molecule has 10 heavy (non-hydrogen) atoms. The van der Waals surface area contributed by atoms with Crippen LogP contribution < -0.4 is 5.73 Å². The summed E-state index contributed by atoms with van der Waals surface area (Å²) in [4.78, 5) is 2.86. The minimum absolute atomic E-state index is 0.803. The van der Waals surface area contributed by atoms with Crippen LogP contribution in [0.25, 0.3) is 0 Å². The molecule has 0 spiro atoms. The Labute approximate surface area is 65.9 Å². The van der Waals surface area contributed by atoms with Gasteiger partial charge in [0.05, 0.1) is 0 Å². The highest BCUT2D eigenvalue weighted by molar-refractivity contribution is 7.11. The van der Waals surface area contributed by atoms with Gasteiger partial charge >= 0.3 is 0 Å². The highest BCUT2D eigenvalue weighted by Gasteiger charge is 1.94. The van der Waals surface area contributed by atoms with Gasteiger partial charge in [0.15, 0.2) is 0 Å². The molecule has 0 aliphatic heterocycles. The van der Waals surface area contributed by atoms with E-state index in [4.69, 9.17) is 5.73 Å². The van der Waals surface area contributed by atoms with Gasteiger partial charge in [0.25, 0.3) is 0 Å².